The summed E-state index contributed by atoms with van der Waals surface area (Å²) in [5.41, 5.74) is 7.50. The highest BCUT2D eigenvalue weighted by Crippen LogP contribution is 2.35. The van der Waals surface area contributed by atoms with Crippen molar-refractivity contribution in [1.82, 2.24) is 0 Å². The van der Waals surface area contributed by atoms with Gasteiger partial charge < -0.3 is 5.73 Å². The van der Waals surface area contributed by atoms with E-state index in [4.69, 9.17) is 5.73 Å². The molecule has 0 saturated carbocycles. The van der Waals surface area contributed by atoms with Gasteiger partial charge in [0.25, 0.3) is 0 Å². The van der Waals surface area contributed by atoms with Gasteiger partial charge in [-0.2, -0.15) is 0 Å². The molecule has 0 aliphatic heterocycles. The molecule has 0 bridgehead atoms. The van der Waals surface area contributed by atoms with Crippen molar-refractivity contribution in [1.29, 1.82) is 0 Å². The molecule has 3 rings (SSSR count). The first-order valence-corrected chi connectivity index (χ1v) is 8.99. The molecule has 0 heterocycles. The Hall–Kier alpha value is -2.61. The summed E-state index contributed by atoms with van der Waals surface area (Å²) < 4.78 is 0. The van der Waals surface area contributed by atoms with Crippen LogP contribution in [0.2, 0.25) is 0 Å². The van der Waals surface area contributed by atoms with Crippen molar-refractivity contribution in [2.75, 3.05) is 0 Å². The molecule has 2 N–H and O–H groups in total. The van der Waals surface area contributed by atoms with Crippen molar-refractivity contribution in [3.05, 3.63) is 83.9 Å². The van der Waals surface area contributed by atoms with Crippen molar-refractivity contribution >= 4 is 16.7 Å². The third-order valence-electron chi connectivity index (χ3n) is 5.08. The van der Waals surface area contributed by atoms with Gasteiger partial charge in [-0.15, -0.1) is 0 Å². The van der Waals surface area contributed by atoms with E-state index >= 15 is 0 Å². The minimum atomic E-state index is -0.665. The van der Waals surface area contributed by atoms with Crippen molar-refractivity contribution in [2.24, 2.45) is 5.73 Å². The van der Waals surface area contributed by atoms with Gasteiger partial charge in [0.2, 0.25) is 5.91 Å². The van der Waals surface area contributed by atoms with E-state index in [0.29, 0.717) is 6.42 Å². The third-order valence-corrected chi connectivity index (χ3v) is 5.08. The molecule has 2 nitrogen and oxygen atoms in total. The zero-order valence-corrected chi connectivity index (χ0v) is 14.7. The maximum Gasteiger partial charge on any atom is 0.228 e. The number of rotatable bonds is 7. The van der Waals surface area contributed by atoms with E-state index in [-0.39, 0.29) is 5.91 Å². The molecule has 1 unspecified atom stereocenters. The quantitative estimate of drug-likeness (QED) is 0.651. The van der Waals surface area contributed by atoms with Gasteiger partial charge in [0.1, 0.15) is 0 Å². The van der Waals surface area contributed by atoms with Crippen LogP contribution in [-0.4, -0.2) is 5.91 Å². The van der Waals surface area contributed by atoms with Crippen LogP contribution < -0.4 is 5.73 Å². The number of carbonyl (C=O) groups excluding carboxylic acids is 1. The molecule has 0 spiro atoms. The molecular formula is C23H25NO. The summed E-state index contributed by atoms with van der Waals surface area (Å²) in [6.45, 7) is 2.15. The molecule has 0 fully saturated rings. The first-order chi connectivity index (χ1) is 12.2. The Morgan fingerprint density at radius 2 is 1.60 bits per heavy atom. The summed E-state index contributed by atoms with van der Waals surface area (Å²) in [5.74, 6) is -0.236. The second kappa shape index (κ2) is 7.52. The van der Waals surface area contributed by atoms with Crippen LogP contribution in [0.15, 0.2) is 72.8 Å². The SMILES string of the molecule is CCCCC(Cc1ccccc1)(C(N)=O)c1ccc2ccccc2c1. The molecule has 2 heteroatoms. The van der Waals surface area contributed by atoms with E-state index in [2.05, 4.69) is 49.4 Å². The van der Waals surface area contributed by atoms with Crippen LogP contribution in [0.3, 0.4) is 0 Å². The Morgan fingerprint density at radius 3 is 2.28 bits per heavy atom. The normalized spacial score (nSPS) is 13.5. The molecule has 0 saturated heterocycles. The Bertz CT molecular complexity index is 856. The monoisotopic (exact) mass is 331 g/mol. The number of carbonyl (C=O) groups is 1. The number of fused-ring (bicyclic) bond motifs is 1. The molecule has 0 aliphatic rings. The number of hydrogen-bond acceptors (Lipinski definition) is 1. The predicted octanol–water partition coefficient (Wildman–Crippen LogP) is 5.00. The second-order valence-electron chi connectivity index (χ2n) is 6.77. The zero-order valence-electron chi connectivity index (χ0n) is 14.7. The van der Waals surface area contributed by atoms with Crippen molar-refractivity contribution < 1.29 is 4.79 Å². The lowest BCUT2D eigenvalue weighted by Gasteiger charge is -2.32. The molecule has 3 aromatic rings. The number of hydrogen-bond donors (Lipinski definition) is 1. The summed E-state index contributed by atoms with van der Waals surface area (Å²) in [5, 5.41) is 2.33. The molecule has 0 aliphatic carbocycles. The van der Waals surface area contributed by atoms with Gasteiger partial charge in [0.15, 0.2) is 0 Å². The molecule has 0 radical (unpaired) electrons. The van der Waals surface area contributed by atoms with Gasteiger partial charge in [-0.1, -0.05) is 92.6 Å². The molecule has 3 aromatic carbocycles. The number of primary amides is 1. The van der Waals surface area contributed by atoms with Crippen LogP contribution in [0.4, 0.5) is 0 Å². The molecule has 1 atom stereocenters. The van der Waals surface area contributed by atoms with Gasteiger partial charge >= 0.3 is 0 Å². The molecule has 128 valence electrons. The van der Waals surface area contributed by atoms with Crippen molar-refractivity contribution in [3.8, 4) is 0 Å². The molecular weight excluding hydrogens is 306 g/mol. The van der Waals surface area contributed by atoms with E-state index in [1.165, 1.54) is 5.39 Å². The number of nitrogens with two attached hydrogens (primary N) is 1. The smallest absolute Gasteiger partial charge is 0.228 e. The summed E-state index contributed by atoms with van der Waals surface area (Å²) in [7, 11) is 0. The van der Waals surface area contributed by atoms with E-state index in [0.717, 1.165) is 35.8 Å². The summed E-state index contributed by atoms with van der Waals surface area (Å²) in [6.07, 6.45) is 3.42. The van der Waals surface area contributed by atoms with Gasteiger partial charge in [0, 0.05) is 0 Å². The van der Waals surface area contributed by atoms with Gasteiger partial charge in [-0.25, -0.2) is 0 Å². The molecule has 0 aromatic heterocycles. The van der Waals surface area contributed by atoms with E-state index in [9.17, 15) is 4.79 Å². The standard InChI is InChI=1S/C23H25NO/c1-2-3-15-23(22(24)25,17-18-9-5-4-6-10-18)21-14-13-19-11-7-8-12-20(19)16-21/h4-14,16H,2-3,15,17H2,1H3,(H2,24,25). The fraction of sp³-hybridized carbons (Fsp3) is 0.261. The van der Waals surface area contributed by atoms with Crippen LogP contribution in [-0.2, 0) is 16.6 Å². The predicted molar refractivity (Wildman–Crippen MR) is 104 cm³/mol. The Kier molecular flexibility index (Phi) is 5.18. The summed E-state index contributed by atoms with van der Waals surface area (Å²) >= 11 is 0. The fourth-order valence-corrected chi connectivity index (χ4v) is 3.60. The first-order valence-electron chi connectivity index (χ1n) is 8.99. The maximum absolute atomic E-state index is 12.7. The lowest BCUT2D eigenvalue weighted by atomic mass is 9.71. The van der Waals surface area contributed by atoms with Crippen molar-refractivity contribution in [2.45, 2.75) is 38.0 Å². The fourth-order valence-electron chi connectivity index (χ4n) is 3.60. The van der Waals surface area contributed by atoms with Crippen LogP contribution in [0.5, 0.6) is 0 Å². The number of unbranched alkanes of at least 4 members (excludes halogenated alkanes) is 1. The first kappa shape index (κ1) is 17.2. The summed E-state index contributed by atoms with van der Waals surface area (Å²) in [4.78, 5) is 12.7. The van der Waals surface area contributed by atoms with E-state index in [1.807, 2.05) is 30.3 Å². The molecule has 1 amide bonds. The van der Waals surface area contributed by atoms with E-state index in [1.54, 1.807) is 0 Å². The van der Waals surface area contributed by atoms with Gasteiger partial charge in [0.05, 0.1) is 5.41 Å². The Balaban J connectivity index is 2.11. The highest BCUT2D eigenvalue weighted by Gasteiger charge is 2.38. The average molecular weight is 331 g/mol. The van der Waals surface area contributed by atoms with Crippen molar-refractivity contribution in [3.63, 3.8) is 0 Å². The summed E-state index contributed by atoms with van der Waals surface area (Å²) in [6, 6.07) is 24.7. The minimum absolute atomic E-state index is 0.236. The zero-order chi connectivity index (χ0) is 17.7. The molecule has 25 heavy (non-hydrogen) atoms. The van der Waals surface area contributed by atoms with E-state index < -0.39 is 5.41 Å². The third kappa shape index (κ3) is 3.58. The second-order valence-corrected chi connectivity index (χ2v) is 6.77. The minimum Gasteiger partial charge on any atom is -0.369 e. The van der Waals surface area contributed by atoms with Crippen LogP contribution in [0, 0.1) is 0 Å². The Morgan fingerprint density at radius 1 is 0.920 bits per heavy atom. The highest BCUT2D eigenvalue weighted by atomic mass is 16.1. The van der Waals surface area contributed by atoms with Crippen LogP contribution in [0.25, 0.3) is 10.8 Å². The Labute approximate surface area is 149 Å². The number of benzene rings is 3. The lowest BCUT2D eigenvalue weighted by molar-refractivity contribution is -0.123. The van der Waals surface area contributed by atoms with Gasteiger partial charge in [-0.05, 0) is 34.7 Å². The number of amides is 1. The average Bonchev–Trinajstić information content (AvgIpc) is 2.65. The van der Waals surface area contributed by atoms with Gasteiger partial charge in [-0.3, -0.25) is 4.79 Å². The van der Waals surface area contributed by atoms with Crippen LogP contribution in [0.1, 0.15) is 37.3 Å². The maximum atomic E-state index is 12.7. The highest BCUT2D eigenvalue weighted by molar-refractivity contribution is 5.90. The largest absolute Gasteiger partial charge is 0.369 e. The topological polar surface area (TPSA) is 43.1 Å². The lowest BCUT2D eigenvalue weighted by Crippen LogP contribution is -2.43. The van der Waals surface area contributed by atoms with Crippen LogP contribution >= 0.6 is 0 Å².